The summed E-state index contributed by atoms with van der Waals surface area (Å²) in [6.07, 6.45) is 3.69. The van der Waals surface area contributed by atoms with Gasteiger partial charge in [-0.1, -0.05) is 48.5 Å². The minimum atomic E-state index is -0.677. The molecule has 4 heteroatoms. The Morgan fingerprint density at radius 2 is 1.61 bits per heavy atom. The Bertz CT molecular complexity index is 1210. The SMILES string of the molecule is CN1c2ccccc2C(C)(C)C12Oc1ccc3ccccc3c1N=C2N1CCCCC1. The van der Waals surface area contributed by atoms with Crippen LogP contribution in [0.25, 0.3) is 10.8 Å². The molecular formula is C27H29N3O. The van der Waals surface area contributed by atoms with E-state index in [0.717, 1.165) is 35.7 Å². The number of nitrogens with zero attached hydrogens (tertiary/aromatic N) is 3. The third kappa shape index (κ3) is 2.39. The van der Waals surface area contributed by atoms with Gasteiger partial charge in [0.25, 0.3) is 5.72 Å². The Labute approximate surface area is 184 Å². The zero-order chi connectivity index (χ0) is 21.2. The normalized spacial score (nSPS) is 24.0. The molecule has 3 aliphatic heterocycles. The van der Waals surface area contributed by atoms with E-state index in [1.165, 1.54) is 35.9 Å². The molecule has 1 unspecified atom stereocenters. The Balaban J connectivity index is 1.63. The van der Waals surface area contributed by atoms with Crippen LogP contribution in [-0.2, 0) is 5.41 Å². The van der Waals surface area contributed by atoms with Gasteiger partial charge >= 0.3 is 0 Å². The highest BCUT2D eigenvalue weighted by Crippen LogP contribution is 2.56. The number of hydrogen-bond acceptors (Lipinski definition) is 4. The molecular weight excluding hydrogens is 382 g/mol. The molecule has 0 saturated carbocycles. The van der Waals surface area contributed by atoms with E-state index < -0.39 is 5.72 Å². The van der Waals surface area contributed by atoms with E-state index in [-0.39, 0.29) is 5.41 Å². The number of likely N-dealkylation sites (tertiary alicyclic amines) is 1. The summed E-state index contributed by atoms with van der Waals surface area (Å²) in [4.78, 5) is 10.2. The Kier molecular flexibility index (Phi) is 3.92. The molecule has 0 N–H and O–H groups in total. The van der Waals surface area contributed by atoms with Gasteiger partial charge in [0, 0.05) is 31.2 Å². The molecule has 4 nitrogen and oxygen atoms in total. The Morgan fingerprint density at radius 3 is 2.42 bits per heavy atom. The van der Waals surface area contributed by atoms with Gasteiger partial charge in [0.05, 0.1) is 5.41 Å². The molecule has 3 aromatic rings. The molecule has 31 heavy (non-hydrogen) atoms. The largest absolute Gasteiger partial charge is 0.457 e. The van der Waals surface area contributed by atoms with Gasteiger partial charge in [0.2, 0.25) is 0 Å². The van der Waals surface area contributed by atoms with Crippen LogP contribution in [0, 0.1) is 0 Å². The van der Waals surface area contributed by atoms with E-state index in [4.69, 9.17) is 9.73 Å². The lowest BCUT2D eigenvalue weighted by Crippen LogP contribution is -2.69. The molecule has 0 bridgehead atoms. The topological polar surface area (TPSA) is 28.1 Å². The predicted molar refractivity (Wildman–Crippen MR) is 128 cm³/mol. The number of amidine groups is 1. The van der Waals surface area contributed by atoms with Gasteiger partial charge < -0.3 is 14.5 Å². The van der Waals surface area contributed by atoms with Gasteiger partial charge in [0.15, 0.2) is 5.84 Å². The number of fused-ring (bicyclic) bond motifs is 4. The van der Waals surface area contributed by atoms with Crippen molar-refractivity contribution in [2.75, 3.05) is 25.0 Å². The monoisotopic (exact) mass is 411 g/mol. The second kappa shape index (κ2) is 6.49. The second-order valence-electron chi connectivity index (χ2n) is 9.56. The Hall–Kier alpha value is -3.01. The molecule has 0 aliphatic carbocycles. The minimum Gasteiger partial charge on any atom is -0.457 e. The lowest BCUT2D eigenvalue weighted by Gasteiger charge is -2.51. The fraction of sp³-hybridized carbons (Fsp3) is 0.370. The van der Waals surface area contributed by atoms with Crippen molar-refractivity contribution in [1.29, 1.82) is 0 Å². The number of benzene rings is 3. The fourth-order valence-electron chi connectivity index (χ4n) is 5.90. The highest BCUT2D eigenvalue weighted by Gasteiger charge is 2.64. The quantitative estimate of drug-likeness (QED) is 0.463. The number of aliphatic imine (C=N–C) groups is 1. The number of hydrogen-bond donors (Lipinski definition) is 0. The van der Waals surface area contributed by atoms with Gasteiger partial charge in [-0.25, -0.2) is 4.99 Å². The van der Waals surface area contributed by atoms with Crippen LogP contribution < -0.4 is 9.64 Å². The molecule has 0 aromatic heterocycles. The van der Waals surface area contributed by atoms with Crippen LogP contribution in [0.2, 0.25) is 0 Å². The van der Waals surface area contributed by atoms with Gasteiger partial charge in [-0.05, 0) is 56.2 Å². The van der Waals surface area contributed by atoms with Crippen LogP contribution in [0.15, 0.2) is 65.7 Å². The van der Waals surface area contributed by atoms with Crippen molar-refractivity contribution in [2.45, 2.75) is 44.2 Å². The van der Waals surface area contributed by atoms with Crippen LogP contribution in [0.3, 0.4) is 0 Å². The smallest absolute Gasteiger partial charge is 0.250 e. The maximum Gasteiger partial charge on any atom is 0.250 e. The molecule has 1 atom stereocenters. The van der Waals surface area contributed by atoms with Crippen molar-refractivity contribution in [3.8, 4) is 5.75 Å². The first-order valence-electron chi connectivity index (χ1n) is 11.4. The second-order valence-corrected chi connectivity index (χ2v) is 9.56. The summed E-state index contributed by atoms with van der Waals surface area (Å²) in [7, 11) is 2.17. The van der Waals surface area contributed by atoms with Crippen molar-refractivity contribution in [2.24, 2.45) is 4.99 Å². The molecule has 6 rings (SSSR count). The molecule has 1 spiro atoms. The Morgan fingerprint density at radius 1 is 0.871 bits per heavy atom. The van der Waals surface area contributed by atoms with E-state index in [2.05, 4.69) is 91.4 Å². The fourth-order valence-corrected chi connectivity index (χ4v) is 5.90. The van der Waals surface area contributed by atoms with E-state index in [0.29, 0.717) is 0 Å². The number of para-hydroxylation sites is 1. The van der Waals surface area contributed by atoms with E-state index in [1.54, 1.807) is 0 Å². The maximum atomic E-state index is 7.12. The maximum absolute atomic E-state index is 7.12. The van der Waals surface area contributed by atoms with Crippen LogP contribution in [-0.4, -0.2) is 36.6 Å². The van der Waals surface area contributed by atoms with Crippen LogP contribution in [0.5, 0.6) is 5.75 Å². The van der Waals surface area contributed by atoms with Crippen LogP contribution >= 0.6 is 0 Å². The van der Waals surface area contributed by atoms with Crippen molar-refractivity contribution in [3.05, 3.63) is 66.2 Å². The highest BCUT2D eigenvalue weighted by atomic mass is 16.5. The van der Waals surface area contributed by atoms with Gasteiger partial charge in [0.1, 0.15) is 11.4 Å². The molecule has 158 valence electrons. The van der Waals surface area contributed by atoms with Crippen molar-refractivity contribution in [3.63, 3.8) is 0 Å². The third-order valence-corrected chi connectivity index (χ3v) is 7.56. The van der Waals surface area contributed by atoms with Gasteiger partial charge in [-0.2, -0.15) is 0 Å². The molecule has 1 saturated heterocycles. The zero-order valence-corrected chi connectivity index (χ0v) is 18.6. The summed E-state index contributed by atoms with van der Waals surface area (Å²) >= 11 is 0. The summed E-state index contributed by atoms with van der Waals surface area (Å²) in [5, 5.41) is 2.35. The summed E-state index contributed by atoms with van der Waals surface area (Å²) in [6, 6.07) is 21.4. The molecule has 3 aliphatic rings. The van der Waals surface area contributed by atoms with Crippen LogP contribution in [0.4, 0.5) is 11.4 Å². The molecule has 1 fully saturated rings. The molecule has 0 radical (unpaired) electrons. The molecule has 0 amide bonds. The van der Waals surface area contributed by atoms with Crippen LogP contribution in [0.1, 0.15) is 38.7 Å². The molecule has 3 aromatic carbocycles. The summed E-state index contributed by atoms with van der Waals surface area (Å²) in [5.74, 6) is 1.92. The first-order chi connectivity index (χ1) is 15.0. The number of piperidine rings is 1. The first-order valence-corrected chi connectivity index (χ1v) is 11.4. The predicted octanol–water partition coefficient (Wildman–Crippen LogP) is 5.87. The summed E-state index contributed by atoms with van der Waals surface area (Å²) in [6.45, 7) is 6.68. The number of likely N-dealkylation sites (N-methyl/N-ethyl adjacent to an activating group) is 1. The van der Waals surface area contributed by atoms with Crippen molar-refractivity contribution < 1.29 is 4.74 Å². The van der Waals surface area contributed by atoms with E-state index in [1.807, 2.05) is 0 Å². The van der Waals surface area contributed by atoms with Gasteiger partial charge in [-0.3, -0.25) is 0 Å². The number of rotatable bonds is 0. The van der Waals surface area contributed by atoms with Crippen molar-refractivity contribution >= 4 is 28.0 Å². The van der Waals surface area contributed by atoms with E-state index >= 15 is 0 Å². The molecule has 3 heterocycles. The van der Waals surface area contributed by atoms with Crippen molar-refractivity contribution in [1.82, 2.24) is 4.90 Å². The average Bonchev–Trinajstić information content (AvgIpc) is 2.98. The van der Waals surface area contributed by atoms with E-state index in [9.17, 15) is 0 Å². The third-order valence-electron chi connectivity index (χ3n) is 7.56. The summed E-state index contributed by atoms with van der Waals surface area (Å²) in [5.41, 5.74) is 2.55. The standard InChI is InChI=1S/C27H29N3O/c1-26(2)21-13-7-8-14-22(21)29(3)27(26)25(30-17-9-4-10-18-30)28-24-20-12-6-5-11-19(20)15-16-23(24)31-27/h5-8,11-16H,4,9-10,17-18H2,1-3H3. The zero-order valence-electron chi connectivity index (χ0n) is 18.6. The summed E-state index contributed by atoms with van der Waals surface area (Å²) < 4.78 is 7.12. The minimum absolute atomic E-state index is 0.266. The van der Waals surface area contributed by atoms with Gasteiger partial charge in [-0.15, -0.1) is 0 Å². The first kappa shape index (κ1) is 18.7. The number of ether oxygens (including phenoxy) is 1. The lowest BCUT2D eigenvalue weighted by molar-refractivity contribution is 0.0615. The lowest BCUT2D eigenvalue weighted by atomic mass is 9.75. The number of anilines is 1. The average molecular weight is 412 g/mol. The highest BCUT2D eigenvalue weighted by molar-refractivity contribution is 6.06.